The van der Waals surface area contributed by atoms with E-state index in [9.17, 15) is 4.79 Å². The summed E-state index contributed by atoms with van der Waals surface area (Å²) in [6.45, 7) is 1.02. The SMILES string of the molecule is CSOC1CCN(C(=O)CO)CC1. The fourth-order valence-corrected chi connectivity index (χ4v) is 1.90. The third-order valence-electron chi connectivity index (χ3n) is 2.16. The maximum atomic E-state index is 11.1. The molecule has 0 bridgehead atoms. The third kappa shape index (κ3) is 3.17. The van der Waals surface area contributed by atoms with Gasteiger partial charge in [-0.25, -0.2) is 0 Å². The molecule has 1 aliphatic heterocycles. The number of hydrogen-bond donors (Lipinski definition) is 1. The average molecular weight is 205 g/mol. The molecule has 0 aromatic heterocycles. The molecule has 0 aliphatic carbocycles. The summed E-state index contributed by atoms with van der Waals surface area (Å²) in [4.78, 5) is 12.7. The molecular formula is C8H15NO3S. The molecule has 1 N–H and O–H groups in total. The van der Waals surface area contributed by atoms with Crippen LogP contribution in [0.4, 0.5) is 0 Å². The van der Waals surface area contributed by atoms with Gasteiger partial charge in [-0.2, -0.15) is 0 Å². The van der Waals surface area contributed by atoms with Gasteiger partial charge < -0.3 is 14.2 Å². The minimum atomic E-state index is -0.381. The molecule has 1 saturated heterocycles. The summed E-state index contributed by atoms with van der Waals surface area (Å²) in [5, 5.41) is 8.63. The number of piperidine rings is 1. The van der Waals surface area contributed by atoms with Crippen molar-refractivity contribution < 1.29 is 14.1 Å². The first-order valence-electron chi connectivity index (χ1n) is 4.36. The molecular weight excluding hydrogens is 190 g/mol. The van der Waals surface area contributed by atoms with E-state index in [0.29, 0.717) is 13.1 Å². The molecule has 0 radical (unpaired) electrons. The smallest absolute Gasteiger partial charge is 0.248 e. The Labute approximate surface area is 82.4 Å². The molecule has 4 nitrogen and oxygen atoms in total. The lowest BCUT2D eigenvalue weighted by Gasteiger charge is -2.30. The van der Waals surface area contributed by atoms with Crippen molar-refractivity contribution in [3.63, 3.8) is 0 Å². The van der Waals surface area contributed by atoms with Gasteiger partial charge in [-0.1, -0.05) is 0 Å². The van der Waals surface area contributed by atoms with Crippen LogP contribution in [0, 0.1) is 0 Å². The Morgan fingerprint density at radius 3 is 2.69 bits per heavy atom. The fourth-order valence-electron chi connectivity index (χ4n) is 1.44. The van der Waals surface area contributed by atoms with Crippen LogP contribution in [-0.2, 0) is 8.98 Å². The molecule has 76 valence electrons. The Kier molecular flexibility index (Phi) is 4.55. The lowest BCUT2D eigenvalue weighted by atomic mass is 10.1. The lowest BCUT2D eigenvalue weighted by Crippen LogP contribution is -2.41. The second-order valence-electron chi connectivity index (χ2n) is 3.00. The van der Waals surface area contributed by atoms with Crippen LogP contribution in [-0.4, -0.2) is 48.0 Å². The summed E-state index contributed by atoms with van der Waals surface area (Å²) >= 11 is 1.37. The Bertz CT molecular complexity index is 169. The summed E-state index contributed by atoms with van der Waals surface area (Å²) < 4.78 is 5.36. The van der Waals surface area contributed by atoms with Crippen LogP contribution in [0.5, 0.6) is 0 Å². The highest BCUT2D eigenvalue weighted by Crippen LogP contribution is 2.17. The van der Waals surface area contributed by atoms with E-state index < -0.39 is 0 Å². The van der Waals surface area contributed by atoms with E-state index in [1.807, 2.05) is 6.26 Å². The molecule has 1 heterocycles. The third-order valence-corrected chi connectivity index (χ3v) is 2.63. The number of rotatable bonds is 3. The molecule has 0 aromatic rings. The van der Waals surface area contributed by atoms with Crippen molar-refractivity contribution >= 4 is 17.9 Å². The van der Waals surface area contributed by atoms with Gasteiger partial charge in [0.1, 0.15) is 6.61 Å². The maximum Gasteiger partial charge on any atom is 0.248 e. The normalized spacial score (nSPS) is 19.1. The van der Waals surface area contributed by atoms with E-state index >= 15 is 0 Å². The van der Waals surface area contributed by atoms with Crippen molar-refractivity contribution in [1.29, 1.82) is 0 Å². The van der Waals surface area contributed by atoms with E-state index in [2.05, 4.69) is 0 Å². The summed E-state index contributed by atoms with van der Waals surface area (Å²) in [6.07, 6.45) is 3.89. The van der Waals surface area contributed by atoms with Crippen LogP contribution in [0.1, 0.15) is 12.8 Å². The van der Waals surface area contributed by atoms with Crippen LogP contribution >= 0.6 is 12.0 Å². The quantitative estimate of drug-likeness (QED) is 0.672. The summed E-state index contributed by atoms with van der Waals surface area (Å²) in [6, 6.07) is 0. The number of amides is 1. The van der Waals surface area contributed by atoms with E-state index in [4.69, 9.17) is 9.29 Å². The molecule has 0 aromatic carbocycles. The molecule has 5 heteroatoms. The zero-order chi connectivity index (χ0) is 9.68. The van der Waals surface area contributed by atoms with Crippen LogP contribution in [0.2, 0.25) is 0 Å². The number of hydrogen-bond acceptors (Lipinski definition) is 4. The maximum absolute atomic E-state index is 11.1. The first kappa shape index (κ1) is 10.8. The van der Waals surface area contributed by atoms with E-state index in [1.54, 1.807) is 4.90 Å². The number of likely N-dealkylation sites (tertiary alicyclic amines) is 1. The van der Waals surface area contributed by atoms with Gasteiger partial charge in [0.25, 0.3) is 0 Å². The highest BCUT2D eigenvalue weighted by molar-refractivity contribution is 7.93. The van der Waals surface area contributed by atoms with Crippen molar-refractivity contribution in [3.8, 4) is 0 Å². The van der Waals surface area contributed by atoms with Crippen molar-refractivity contribution in [3.05, 3.63) is 0 Å². The number of carbonyl (C=O) groups excluding carboxylic acids is 1. The van der Waals surface area contributed by atoms with Gasteiger partial charge in [-0.3, -0.25) is 4.79 Å². The zero-order valence-corrected chi connectivity index (χ0v) is 8.55. The van der Waals surface area contributed by atoms with Crippen molar-refractivity contribution in [2.45, 2.75) is 18.9 Å². The highest BCUT2D eigenvalue weighted by atomic mass is 32.2. The van der Waals surface area contributed by atoms with Crippen LogP contribution in [0.25, 0.3) is 0 Å². The number of aliphatic hydroxyl groups is 1. The minimum absolute atomic E-state index is 0.178. The number of carbonyl (C=O) groups is 1. The molecule has 0 atom stereocenters. The Hall–Kier alpha value is -0.260. The molecule has 1 amide bonds. The topological polar surface area (TPSA) is 49.8 Å². The molecule has 1 rings (SSSR count). The second kappa shape index (κ2) is 5.47. The molecule has 0 saturated carbocycles. The summed E-state index contributed by atoms with van der Waals surface area (Å²) in [5.74, 6) is -0.178. The summed E-state index contributed by atoms with van der Waals surface area (Å²) in [7, 11) is 0. The zero-order valence-electron chi connectivity index (χ0n) is 7.73. The van der Waals surface area contributed by atoms with Crippen LogP contribution < -0.4 is 0 Å². The van der Waals surface area contributed by atoms with Gasteiger partial charge in [-0.15, -0.1) is 0 Å². The summed E-state index contributed by atoms with van der Waals surface area (Å²) in [5.41, 5.74) is 0. The number of nitrogens with zero attached hydrogens (tertiary/aromatic N) is 1. The van der Waals surface area contributed by atoms with Gasteiger partial charge in [0.15, 0.2) is 0 Å². The van der Waals surface area contributed by atoms with Crippen LogP contribution in [0.3, 0.4) is 0 Å². The Morgan fingerprint density at radius 1 is 1.62 bits per heavy atom. The molecule has 0 spiro atoms. The average Bonchev–Trinajstić information content (AvgIpc) is 2.18. The van der Waals surface area contributed by atoms with Crippen molar-refractivity contribution in [2.75, 3.05) is 26.0 Å². The second-order valence-corrected chi connectivity index (χ2v) is 3.53. The standard InChI is InChI=1S/C8H15NO3S/c1-13-12-7-2-4-9(5-3-7)8(11)6-10/h7,10H,2-6H2,1H3. The molecule has 1 fully saturated rings. The lowest BCUT2D eigenvalue weighted by molar-refractivity contribution is -0.135. The van der Waals surface area contributed by atoms with Crippen LogP contribution in [0.15, 0.2) is 0 Å². The minimum Gasteiger partial charge on any atom is -0.387 e. The molecule has 0 unspecified atom stereocenters. The van der Waals surface area contributed by atoms with Gasteiger partial charge in [0.05, 0.1) is 6.10 Å². The van der Waals surface area contributed by atoms with Crippen molar-refractivity contribution in [2.24, 2.45) is 0 Å². The van der Waals surface area contributed by atoms with E-state index in [-0.39, 0.29) is 18.6 Å². The predicted octanol–water partition coefficient (Wildman–Crippen LogP) is 0.264. The first-order chi connectivity index (χ1) is 6.27. The van der Waals surface area contributed by atoms with Gasteiger partial charge >= 0.3 is 0 Å². The van der Waals surface area contributed by atoms with Gasteiger partial charge in [0, 0.05) is 19.3 Å². The van der Waals surface area contributed by atoms with E-state index in [0.717, 1.165) is 12.8 Å². The van der Waals surface area contributed by atoms with Gasteiger partial charge in [0.2, 0.25) is 5.91 Å². The fraction of sp³-hybridized carbons (Fsp3) is 0.875. The molecule has 1 aliphatic rings. The van der Waals surface area contributed by atoms with E-state index in [1.165, 1.54) is 12.0 Å². The highest BCUT2D eigenvalue weighted by Gasteiger charge is 2.22. The molecule has 13 heavy (non-hydrogen) atoms. The van der Waals surface area contributed by atoms with Gasteiger partial charge in [-0.05, 0) is 24.9 Å². The first-order valence-corrected chi connectivity index (χ1v) is 5.51. The largest absolute Gasteiger partial charge is 0.387 e. The predicted molar refractivity (Wildman–Crippen MR) is 51.3 cm³/mol. The Morgan fingerprint density at radius 2 is 2.23 bits per heavy atom. The monoisotopic (exact) mass is 205 g/mol. The van der Waals surface area contributed by atoms with Crippen molar-refractivity contribution in [1.82, 2.24) is 4.90 Å². The Balaban J connectivity index is 2.26. The number of aliphatic hydroxyl groups excluding tert-OH is 1.